The molecule has 0 radical (unpaired) electrons. The van der Waals surface area contributed by atoms with E-state index in [1.165, 1.54) is 43.2 Å². The average molecular weight is 283 g/mol. The minimum absolute atomic E-state index is 0.705. The molecule has 2 aromatic rings. The van der Waals surface area contributed by atoms with Crippen molar-refractivity contribution in [2.75, 3.05) is 0 Å². The van der Waals surface area contributed by atoms with Gasteiger partial charge in [-0.1, -0.05) is 50.5 Å². The Kier molecular flexibility index (Phi) is 4.71. The zero-order valence-electron chi connectivity index (χ0n) is 12.8. The van der Waals surface area contributed by atoms with E-state index in [9.17, 15) is 0 Å². The molecule has 3 rings (SSSR count). The van der Waals surface area contributed by atoms with Gasteiger partial charge < -0.3 is 5.32 Å². The van der Waals surface area contributed by atoms with Crippen molar-refractivity contribution in [1.82, 2.24) is 15.5 Å². The first kappa shape index (κ1) is 14.3. The van der Waals surface area contributed by atoms with Crippen molar-refractivity contribution in [2.24, 2.45) is 5.92 Å². The molecule has 1 aliphatic rings. The SMILES string of the molecule is CCC1CCCC(NCc2ccc(-c3ccn[nH]3)cc2)C1. The molecule has 0 saturated heterocycles. The third-order valence-corrected chi connectivity index (χ3v) is 4.72. The molecular weight excluding hydrogens is 258 g/mol. The monoisotopic (exact) mass is 283 g/mol. The van der Waals surface area contributed by atoms with Gasteiger partial charge in [0.1, 0.15) is 0 Å². The third-order valence-electron chi connectivity index (χ3n) is 4.72. The Morgan fingerprint density at radius 1 is 1.19 bits per heavy atom. The number of hydrogen-bond acceptors (Lipinski definition) is 2. The second-order valence-electron chi connectivity index (χ2n) is 6.19. The lowest BCUT2D eigenvalue weighted by atomic mass is 9.84. The molecule has 1 saturated carbocycles. The van der Waals surface area contributed by atoms with Crippen LogP contribution in [0.2, 0.25) is 0 Å². The number of rotatable bonds is 5. The highest BCUT2D eigenvalue weighted by molar-refractivity contribution is 5.58. The number of nitrogens with one attached hydrogen (secondary N) is 2. The van der Waals surface area contributed by atoms with Crippen molar-refractivity contribution in [3.8, 4) is 11.3 Å². The largest absolute Gasteiger partial charge is 0.310 e. The van der Waals surface area contributed by atoms with E-state index < -0.39 is 0 Å². The second kappa shape index (κ2) is 6.90. The molecule has 2 N–H and O–H groups in total. The summed E-state index contributed by atoms with van der Waals surface area (Å²) in [6.07, 6.45) is 8.61. The van der Waals surface area contributed by atoms with Crippen LogP contribution in [0.5, 0.6) is 0 Å². The number of aromatic nitrogens is 2. The molecular formula is C18H25N3. The van der Waals surface area contributed by atoms with Gasteiger partial charge in [-0.3, -0.25) is 5.10 Å². The van der Waals surface area contributed by atoms with Gasteiger partial charge in [-0.25, -0.2) is 0 Å². The molecule has 1 fully saturated rings. The average Bonchev–Trinajstić information content (AvgIpc) is 3.08. The van der Waals surface area contributed by atoms with Crippen molar-refractivity contribution in [2.45, 2.75) is 51.6 Å². The highest BCUT2D eigenvalue weighted by Crippen LogP contribution is 2.26. The molecule has 3 heteroatoms. The van der Waals surface area contributed by atoms with E-state index in [1.54, 1.807) is 6.20 Å². The third kappa shape index (κ3) is 3.73. The second-order valence-corrected chi connectivity index (χ2v) is 6.19. The van der Waals surface area contributed by atoms with Crippen LogP contribution in [-0.2, 0) is 6.54 Å². The summed E-state index contributed by atoms with van der Waals surface area (Å²) in [4.78, 5) is 0. The number of nitrogens with zero attached hydrogens (tertiary/aromatic N) is 1. The fourth-order valence-electron chi connectivity index (χ4n) is 3.33. The van der Waals surface area contributed by atoms with E-state index in [0.29, 0.717) is 6.04 Å². The van der Waals surface area contributed by atoms with E-state index in [4.69, 9.17) is 0 Å². The van der Waals surface area contributed by atoms with Gasteiger partial charge in [0.2, 0.25) is 0 Å². The van der Waals surface area contributed by atoms with Crippen molar-refractivity contribution < 1.29 is 0 Å². The van der Waals surface area contributed by atoms with Gasteiger partial charge in [-0.15, -0.1) is 0 Å². The lowest BCUT2D eigenvalue weighted by Crippen LogP contribution is -2.33. The fourth-order valence-corrected chi connectivity index (χ4v) is 3.33. The summed E-state index contributed by atoms with van der Waals surface area (Å²) in [7, 11) is 0. The predicted molar refractivity (Wildman–Crippen MR) is 86.9 cm³/mol. The summed E-state index contributed by atoms with van der Waals surface area (Å²) >= 11 is 0. The number of hydrogen-bond donors (Lipinski definition) is 2. The van der Waals surface area contributed by atoms with Crippen LogP contribution >= 0.6 is 0 Å². The van der Waals surface area contributed by atoms with Crippen LogP contribution in [0.4, 0.5) is 0 Å². The maximum absolute atomic E-state index is 4.00. The smallest absolute Gasteiger partial charge is 0.0650 e. The van der Waals surface area contributed by atoms with Crippen LogP contribution in [0.1, 0.15) is 44.6 Å². The Bertz CT molecular complexity index is 530. The highest BCUT2D eigenvalue weighted by Gasteiger charge is 2.19. The van der Waals surface area contributed by atoms with Crippen LogP contribution in [0.15, 0.2) is 36.5 Å². The van der Waals surface area contributed by atoms with Gasteiger partial charge >= 0.3 is 0 Å². The molecule has 1 aromatic carbocycles. The van der Waals surface area contributed by atoms with Crippen LogP contribution in [0, 0.1) is 5.92 Å². The molecule has 3 nitrogen and oxygen atoms in total. The van der Waals surface area contributed by atoms with Gasteiger partial charge in [0.15, 0.2) is 0 Å². The lowest BCUT2D eigenvalue weighted by molar-refractivity contribution is 0.278. The molecule has 0 aliphatic heterocycles. The molecule has 1 heterocycles. The van der Waals surface area contributed by atoms with Gasteiger partial charge in [-0.2, -0.15) is 5.10 Å². The van der Waals surface area contributed by atoms with Crippen LogP contribution < -0.4 is 5.32 Å². The Hall–Kier alpha value is -1.61. The Balaban J connectivity index is 1.53. The van der Waals surface area contributed by atoms with Crippen LogP contribution in [-0.4, -0.2) is 16.2 Å². The van der Waals surface area contributed by atoms with Crippen molar-refractivity contribution in [1.29, 1.82) is 0 Å². The maximum atomic E-state index is 4.00. The molecule has 1 aliphatic carbocycles. The molecule has 1 aromatic heterocycles. The summed E-state index contributed by atoms with van der Waals surface area (Å²) in [5.74, 6) is 0.930. The summed E-state index contributed by atoms with van der Waals surface area (Å²) in [5, 5.41) is 10.7. The highest BCUT2D eigenvalue weighted by atomic mass is 15.1. The lowest BCUT2D eigenvalue weighted by Gasteiger charge is -2.29. The molecule has 0 amide bonds. The minimum Gasteiger partial charge on any atom is -0.310 e. The number of aromatic amines is 1. The first-order valence-corrected chi connectivity index (χ1v) is 8.17. The summed E-state index contributed by atoms with van der Waals surface area (Å²) in [6.45, 7) is 3.30. The fraction of sp³-hybridized carbons (Fsp3) is 0.500. The first-order valence-electron chi connectivity index (χ1n) is 8.17. The van der Waals surface area contributed by atoms with Gasteiger partial charge in [-0.05, 0) is 36.0 Å². The summed E-state index contributed by atoms with van der Waals surface area (Å²) in [6, 6.07) is 11.5. The van der Waals surface area contributed by atoms with Crippen molar-refractivity contribution >= 4 is 0 Å². The standard InChI is InChI=1S/C18H25N3/c1-2-14-4-3-5-17(12-14)19-13-15-6-8-16(9-7-15)18-10-11-20-21-18/h6-11,14,17,19H,2-5,12-13H2,1H3,(H,20,21). The van der Waals surface area contributed by atoms with E-state index >= 15 is 0 Å². The van der Waals surface area contributed by atoms with Crippen molar-refractivity contribution in [3.63, 3.8) is 0 Å². The molecule has 112 valence electrons. The molecule has 0 bridgehead atoms. The zero-order chi connectivity index (χ0) is 14.5. The maximum Gasteiger partial charge on any atom is 0.0650 e. The summed E-state index contributed by atoms with van der Waals surface area (Å²) < 4.78 is 0. The predicted octanol–water partition coefficient (Wildman–Crippen LogP) is 4.14. The van der Waals surface area contributed by atoms with Crippen LogP contribution in [0.25, 0.3) is 11.3 Å². The Morgan fingerprint density at radius 3 is 2.76 bits per heavy atom. The minimum atomic E-state index is 0.705. The van der Waals surface area contributed by atoms with E-state index in [2.05, 4.69) is 46.7 Å². The van der Waals surface area contributed by atoms with E-state index in [0.717, 1.165) is 18.2 Å². The molecule has 2 atom stereocenters. The molecule has 21 heavy (non-hydrogen) atoms. The number of H-pyrrole nitrogens is 1. The molecule has 0 spiro atoms. The Labute approximate surface area is 127 Å². The normalized spacial score (nSPS) is 22.3. The quantitative estimate of drug-likeness (QED) is 0.866. The van der Waals surface area contributed by atoms with Crippen LogP contribution in [0.3, 0.4) is 0 Å². The first-order chi connectivity index (χ1) is 10.3. The Morgan fingerprint density at radius 2 is 2.05 bits per heavy atom. The van der Waals surface area contributed by atoms with E-state index in [-0.39, 0.29) is 0 Å². The zero-order valence-corrected chi connectivity index (χ0v) is 12.8. The van der Waals surface area contributed by atoms with E-state index in [1.807, 2.05) is 6.07 Å². The van der Waals surface area contributed by atoms with Gasteiger partial charge in [0.25, 0.3) is 0 Å². The summed E-state index contributed by atoms with van der Waals surface area (Å²) in [5.41, 5.74) is 3.63. The van der Waals surface area contributed by atoms with Gasteiger partial charge in [0, 0.05) is 18.8 Å². The topological polar surface area (TPSA) is 40.7 Å². The van der Waals surface area contributed by atoms with Crippen molar-refractivity contribution in [3.05, 3.63) is 42.1 Å². The number of benzene rings is 1. The van der Waals surface area contributed by atoms with Gasteiger partial charge in [0.05, 0.1) is 5.69 Å². The molecule has 2 unspecified atom stereocenters.